The Morgan fingerprint density at radius 3 is 2.57 bits per heavy atom. The predicted octanol–water partition coefficient (Wildman–Crippen LogP) is 4.47. The van der Waals surface area contributed by atoms with Gasteiger partial charge in [0, 0.05) is 23.2 Å². The van der Waals surface area contributed by atoms with E-state index in [0.717, 1.165) is 23.4 Å². The monoisotopic (exact) mass is 377 g/mol. The summed E-state index contributed by atoms with van der Waals surface area (Å²) in [7, 11) is 1.63. The number of ether oxygens (including phenoxy) is 2. The summed E-state index contributed by atoms with van der Waals surface area (Å²) in [5, 5.41) is 2.95. The number of amides is 1. The Labute approximate surface area is 164 Å². The van der Waals surface area contributed by atoms with Gasteiger partial charge in [-0.2, -0.15) is 0 Å². The zero-order valence-corrected chi connectivity index (χ0v) is 16.2. The van der Waals surface area contributed by atoms with Gasteiger partial charge in [-0.1, -0.05) is 13.0 Å². The Kier molecular flexibility index (Phi) is 6.22. The summed E-state index contributed by atoms with van der Waals surface area (Å²) < 4.78 is 11.0. The second kappa shape index (κ2) is 8.99. The zero-order chi connectivity index (χ0) is 19.9. The van der Waals surface area contributed by atoms with E-state index in [0.29, 0.717) is 17.2 Å². The molecule has 1 aromatic heterocycles. The first kappa shape index (κ1) is 19.4. The van der Waals surface area contributed by atoms with Crippen molar-refractivity contribution in [2.45, 2.75) is 26.3 Å². The summed E-state index contributed by atoms with van der Waals surface area (Å²) in [5.41, 5.74) is 2.20. The van der Waals surface area contributed by atoms with E-state index in [4.69, 9.17) is 9.47 Å². The first-order valence-electron chi connectivity index (χ1n) is 9.14. The minimum Gasteiger partial charge on any atom is -0.497 e. The van der Waals surface area contributed by atoms with E-state index in [1.165, 1.54) is 6.33 Å². The lowest BCUT2D eigenvalue weighted by atomic mass is 10.1. The molecule has 6 heteroatoms. The van der Waals surface area contributed by atoms with Gasteiger partial charge in [-0.3, -0.25) is 4.79 Å². The molecular weight excluding hydrogens is 354 g/mol. The number of hydrogen-bond donors (Lipinski definition) is 1. The highest BCUT2D eigenvalue weighted by Crippen LogP contribution is 2.25. The van der Waals surface area contributed by atoms with Gasteiger partial charge in [0.1, 0.15) is 17.8 Å². The van der Waals surface area contributed by atoms with Gasteiger partial charge in [-0.25, -0.2) is 9.97 Å². The molecule has 0 radical (unpaired) electrons. The largest absolute Gasteiger partial charge is 0.497 e. The van der Waals surface area contributed by atoms with Gasteiger partial charge in [-0.15, -0.1) is 0 Å². The Morgan fingerprint density at radius 1 is 1.07 bits per heavy atom. The summed E-state index contributed by atoms with van der Waals surface area (Å²) in [6.45, 7) is 4.00. The topological polar surface area (TPSA) is 73.3 Å². The van der Waals surface area contributed by atoms with Crippen molar-refractivity contribution in [2.75, 3.05) is 7.11 Å². The van der Waals surface area contributed by atoms with Crippen molar-refractivity contribution < 1.29 is 14.3 Å². The first-order chi connectivity index (χ1) is 13.6. The maximum absolute atomic E-state index is 12.3. The zero-order valence-electron chi connectivity index (χ0n) is 16.2. The van der Waals surface area contributed by atoms with Gasteiger partial charge in [-0.05, 0) is 55.8 Å². The molecule has 0 spiro atoms. The van der Waals surface area contributed by atoms with Crippen LogP contribution < -0.4 is 14.8 Å². The third-order valence-electron chi connectivity index (χ3n) is 4.34. The highest BCUT2D eigenvalue weighted by atomic mass is 16.5. The molecule has 0 saturated heterocycles. The number of rotatable bonds is 7. The van der Waals surface area contributed by atoms with Gasteiger partial charge >= 0.3 is 0 Å². The number of aromatic nitrogens is 2. The molecule has 1 heterocycles. The van der Waals surface area contributed by atoms with E-state index in [1.54, 1.807) is 37.4 Å². The second-order valence-electron chi connectivity index (χ2n) is 6.38. The normalized spacial score (nSPS) is 11.5. The Hall–Kier alpha value is -3.41. The first-order valence-corrected chi connectivity index (χ1v) is 9.14. The van der Waals surface area contributed by atoms with Crippen molar-refractivity contribution in [1.82, 2.24) is 15.3 Å². The third kappa shape index (κ3) is 4.85. The third-order valence-corrected chi connectivity index (χ3v) is 4.34. The minimum absolute atomic E-state index is 0.117. The Bertz CT molecular complexity index is 942. The standard InChI is InChI=1S/C22H23N3O3/c1-4-15(2)25-22(26)17-6-5-7-19(12-17)28-21-13-20(23-14-24-21)16-8-10-18(27-3)11-9-16/h5-15H,4H2,1-3H3,(H,25,26). The van der Waals surface area contributed by atoms with Crippen molar-refractivity contribution in [3.8, 4) is 28.6 Å². The van der Waals surface area contributed by atoms with Gasteiger partial charge < -0.3 is 14.8 Å². The minimum atomic E-state index is -0.124. The molecule has 1 N–H and O–H groups in total. The van der Waals surface area contributed by atoms with Gasteiger partial charge in [0.25, 0.3) is 5.91 Å². The van der Waals surface area contributed by atoms with E-state index in [2.05, 4.69) is 15.3 Å². The average molecular weight is 377 g/mol. The van der Waals surface area contributed by atoms with Crippen LogP contribution in [-0.4, -0.2) is 29.0 Å². The van der Waals surface area contributed by atoms with Crippen LogP contribution in [0.5, 0.6) is 17.4 Å². The van der Waals surface area contributed by atoms with Crippen molar-refractivity contribution in [2.24, 2.45) is 0 Å². The summed E-state index contributed by atoms with van der Waals surface area (Å²) in [6, 6.07) is 16.5. The Balaban J connectivity index is 1.77. The van der Waals surface area contributed by atoms with Crippen LogP contribution >= 0.6 is 0 Å². The number of benzene rings is 2. The van der Waals surface area contributed by atoms with Crippen LogP contribution in [0.1, 0.15) is 30.6 Å². The molecule has 1 amide bonds. The summed E-state index contributed by atoms with van der Waals surface area (Å²) in [6.07, 6.45) is 2.32. The summed E-state index contributed by atoms with van der Waals surface area (Å²) in [4.78, 5) is 20.8. The van der Waals surface area contributed by atoms with E-state index in [1.807, 2.05) is 38.1 Å². The van der Waals surface area contributed by atoms with Crippen LogP contribution in [0.3, 0.4) is 0 Å². The second-order valence-corrected chi connectivity index (χ2v) is 6.38. The molecule has 3 aromatic rings. The quantitative estimate of drug-likeness (QED) is 0.657. The molecule has 1 unspecified atom stereocenters. The molecular formula is C22H23N3O3. The van der Waals surface area contributed by atoms with Crippen LogP contribution in [0, 0.1) is 0 Å². The molecule has 144 valence electrons. The van der Waals surface area contributed by atoms with Crippen LogP contribution in [0.4, 0.5) is 0 Å². The molecule has 3 rings (SSSR count). The van der Waals surface area contributed by atoms with E-state index in [-0.39, 0.29) is 11.9 Å². The van der Waals surface area contributed by atoms with Crippen LogP contribution in [0.2, 0.25) is 0 Å². The fourth-order valence-electron chi connectivity index (χ4n) is 2.55. The number of methoxy groups -OCH3 is 1. The average Bonchev–Trinajstić information content (AvgIpc) is 2.74. The van der Waals surface area contributed by atoms with E-state index >= 15 is 0 Å². The maximum atomic E-state index is 12.3. The number of hydrogen-bond acceptors (Lipinski definition) is 5. The molecule has 6 nitrogen and oxygen atoms in total. The van der Waals surface area contributed by atoms with Crippen LogP contribution in [0.15, 0.2) is 60.9 Å². The van der Waals surface area contributed by atoms with Crippen LogP contribution in [0.25, 0.3) is 11.3 Å². The lowest BCUT2D eigenvalue weighted by Gasteiger charge is -2.12. The van der Waals surface area contributed by atoms with Gasteiger partial charge in [0.15, 0.2) is 0 Å². The predicted molar refractivity (Wildman–Crippen MR) is 108 cm³/mol. The SMILES string of the molecule is CCC(C)NC(=O)c1cccc(Oc2cc(-c3ccc(OC)cc3)ncn2)c1. The maximum Gasteiger partial charge on any atom is 0.251 e. The number of carbonyl (C=O) groups excluding carboxylic acids is 1. The highest BCUT2D eigenvalue weighted by Gasteiger charge is 2.10. The van der Waals surface area contributed by atoms with Crippen molar-refractivity contribution >= 4 is 5.91 Å². The molecule has 0 fully saturated rings. The van der Waals surface area contributed by atoms with Gasteiger partial charge in [0.05, 0.1) is 12.8 Å². The number of nitrogens with one attached hydrogen (secondary N) is 1. The lowest BCUT2D eigenvalue weighted by Crippen LogP contribution is -2.31. The van der Waals surface area contributed by atoms with Crippen molar-refractivity contribution in [1.29, 1.82) is 0 Å². The fourth-order valence-corrected chi connectivity index (χ4v) is 2.55. The van der Waals surface area contributed by atoms with E-state index in [9.17, 15) is 4.79 Å². The lowest BCUT2D eigenvalue weighted by molar-refractivity contribution is 0.0939. The smallest absolute Gasteiger partial charge is 0.251 e. The molecule has 0 bridgehead atoms. The highest BCUT2D eigenvalue weighted by molar-refractivity contribution is 5.94. The van der Waals surface area contributed by atoms with Crippen LogP contribution in [-0.2, 0) is 0 Å². The number of carbonyl (C=O) groups is 1. The molecule has 0 aliphatic rings. The van der Waals surface area contributed by atoms with Crippen molar-refractivity contribution in [3.05, 3.63) is 66.5 Å². The molecule has 0 aliphatic heterocycles. The summed E-state index contributed by atoms with van der Waals surface area (Å²) in [5.74, 6) is 1.60. The Morgan fingerprint density at radius 2 is 1.86 bits per heavy atom. The van der Waals surface area contributed by atoms with E-state index < -0.39 is 0 Å². The molecule has 28 heavy (non-hydrogen) atoms. The van der Waals surface area contributed by atoms with Gasteiger partial charge in [0.2, 0.25) is 5.88 Å². The van der Waals surface area contributed by atoms with Crippen molar-refractivity contribution in [3.63, 3.8) is 0 Å². The molecule has 0 saturated carbocycles. The fraction of sp³-hybridized carbons (Fsp3) is 0.227. The molecule has 1 atom stereocenters. The molecule has 2 aromatic carbocycles. The summed E-state index contributed by atoms with van der Waals surface area (Å²) >= 11 is 0. The molecule has 0 aliphatic carbocycles. The number of nitrogens with zero attached hydrogens (tertiary/aromatic N) is 2.